The number of carbonyl (C=O) groups excluding carboxylic acids is 1. The van der Waals surface area contributed by atoms with Gasteiger partial charge in [-0.3, -0.25) is 4.79 Å². The lowest BCUT2D eigenvalue weighted by Gasteiger charge is -2.08. The zero-order chi connectivity index (χ0) is 19.8. The van der Waals surface area contributed by atoms with Crippen LogP contribution in [-0.2, 0) is 33.2 Å². The molecule has 0 radical (unpaired) electrons. The molecule has 0 aliphatic rings. The molecule has 0 amide bonds. The molecule has 0 rings (SSSR count). The Balaban J connectivity index is 3.06. The molecule has 27 heavy (non-hydrogen) atoms. The number of rotatable bonds is 22. The van der Waals surface area contributed by atoms with Crippen molar-refractivity contribution >= 4 is 5.97 Å². The van der Waals surface area contributed by atoms with Crippen LogP contribution in [0, 0.1) is 0 Å². The van der Waals surface area contributed by atoms with Crippen LogP contribution in [0.1, 0.15) is 52.4 Å². The van der Waals surface area contributed by atoms with E-state index in [0.29, 0.717) is 72.5 Å². The van der Waals surface area contributed by atoms with E-state index in [1.165, 1.54) is 0 Å². The van der Waals surface area contributed by atoms with E-state index in [9.17, 15) is 4.79 Å². The van der Waals surface area contributed by atoms with Gasteiger partial charge in [-0.1, -0.05) is 33.1 Å². The second-order valence-corrected chi connectivity index (χ2v) is 6.09. The van der Waals surface area contributed by atoms with E-state index in [4.69, 9.17) is 28.4 Å². The van der Waals surface area contributed by atoms with Gasteiger partial charge in [-0.05, 0) is 12.8 Å². The largest absolute Gasteiger partial charge is 0.463 e. The van der Waals surface area contributed by atoms with Crippen LogP contribution in [0.5, 0.6) is 0 Å². The Labute approximate surface area is 165 Å². The first kappa shape index (κ1) is 26.3. The molecule has 0 aromatic carbocycles. The van der Waals surface area contributed by atoms with Crippen molar-refractivity contribution in [3.63, 3.8) is 0 Å². The van der Waals surface area contributed by atoms with Crippen molar-refractivity contribution in [3.05, 3.63) is 0 Å². The van der Waals surface area contributed by atoms with E-state index in [0.717, 1.165) is 38.7 Å². The summed E-state index contributed by atoms with van der Waals surface area (Å²) in [5, 5.41) is 0. The highest BCUT2D eigenvalue weighted by Gasteiger charge is 2.01. The van der Waals surface area contributed by atoms with Crippen molar-refractivity contribution in [3.8, 4) is 0 Å². The fraction of sp³-hybridized carbons (Fsp3) is 0.950. The summed E-state index contributed by atoms with van der Waals surface area (Å²) in [5.41, 5.74) is 0. The minimum atomic E-state index is -0.145. The van der Waals surface area contributed by atoms with E-state index in [-0.39, 0.29) is 5.97 Å². The summed E-state index contributed by atoms with van der Waals surface area (Å²) < 4.78 is 32.0. The van der Waals surface area contributed by atoms with E-state index >= 15 is 0 Å². The zero-order valence-corrected chi connectivity index (χ0v) is 17.4. The summed E-state index contributed by atoms with van der Waals surface area (Å²) in [6.07, 6.45) is 5.80. The summed E-state index contributed by atoms with van der Waals surface area (Å²) in [6, 6.07) is 0. The van der Waals surface area contributed by atoms with Gasteiger partial charge in [0.15, 0.2) is 0 Å². The first-order valence-electron chi connectivity index (χ1n) is 10.4. The third kappa shape index (κ3) is 23.2. The van der Waals surface area contributed by atoms with Gasteiger partial charge in [-0.25, -0.2) is 0 Å². The maximum absolute atomic E-state index is 11.4. The number of hydrogen-bond donors (Lipinski definition) is 0. The number of hydrogen-bond acceptors (Lipinski definition) is 7. The molecule has 162 valence electrons. The SMILES string of the molecule is CCCCCC(=O)OCCOCCOCCOCCOCCOCCCC. The lowest BCUT2D eigenvalue weighted by molar-refractivity contribution is -0.145. The fourth-order valence-electron chi connectivity index (χ4n) is 2.03. The molecule has 7 nitrogen and oxygen atoms in total. The third-order valence-corrected chi connectivity index (χ3v) is 3.61. The monoisotopic (exact) mass is 392 g/mol. The van der Waals surface area contributed by atoms with Crippen molar-refractivity contribution in [2.24, 2.45) is 0 Å². The fourth-order valence-corrected chi connectivity index (χ4v) is 2.03. The van der Waals surface area contributed by atoms with E-state index in [2.05, 4.69) is 13.8 Å². The Kier molecular flexibility index (Phi) is 22.7. The Morgan fingerprint density at radius 2 is 0.926 bits per heavy atom. The quantitative estimate of drug-likeness (QED) is 0.207. The minimum absolute atomic E-state index is 0.145. The standard InChI is InChI=1S/C20H40O7/c1-3-5-7-8-20(21)27-19-18-26-17-16-25-15-14-24-13-12-23-11-10-22-9-6-4-2/h3-19H2,1-2H3. The van der Waals surface area contributed by atoms with Gasteiger partial charge in [0.1, 0.15) is 6.61 Å². The van der Waals surface area contributed by atoms with Crippen LogP contribution < -0.4 is 0 Å². The number of carbonyl (C=O) groups is 1. The van der Waals surface area contributed by atoms with Crippen LogP contribution in [0.25, 0.3) is 0 Å². The number of unbranched alkanes of at least 4 members (excludes halogenated alkanes) is 3. The van der Waals surface area contributed by atoms with Crippen LogP contribution in [-0.4, -0.2) is 78.6 Å². The summed E-state index contributed by atoms with van der Waals surface area (Å²) >= 11 is 0. The van der Waals surface area contributed by atoms with Crippen LogP contribution >= 0.6 is 0 Å². The third-order valence-electron chi connectivity index (χ3n) is 3.61. The van der Waals surface area contributed by atoms with Crippen molar-refractivity contribution in [2.45, 2.75) is 52.4 Å². The lowest BCUT2D eigenvalue weighted by Crippen LogP contribution is -2.15. The molecule has 0 saturated heterocycles. The second kappa shape index (κ2) is 23.3. The maximum atomic E-state index is 11.4. The molecular formula is C20H40O7. The molecule has 0 fully saturated rings. The highest BCUT2D eigenvalue weighted by atomic mass is 16.6. The Morgan fingerprint density at radius 3 is 1.37 bits per heavy atom. The van der Waals surface area contributed by atoms with Gasteiger partial charge in [-0.2, -0.15) is 0 Å². The smallest absolute Gasteiger partial charge is 0.305 e. The van der Waals surface area contributed by atoms with Gasteiger partial charge in [-0.15, -0.1) is 0 Å². The van der Waals surface area contributed by atoms with E-state index < -0.39 is 0 Å². The average molecular weight is 393 g/mol. The van der Waals surface area contributed by atoms with Gasteiger partial charge in [0, 0.05) is 13.0 Å². The molecule has 7 heteroatoms. The van der Waals surface area contributed by atoms with Gasteiger partial charge in [0.05, 0.1) is 59.5 Å². The van der Waals surface area contributed by atoms with Gasteiger partial charge in [0.25, 0.3) is 0 Å². The Hall–Kier alpha value is -0.730. The van der Waals surface area contributed by atoms with Crippen molar-refractivity contribution in [1.82, 2.24) is 0 Å². The molecule has 0 N–H and O–H groups in total. The molecule has 0 aromatic heterocycles. The van der Waals surface area contributed by atoms with Crippen molar-refractivity contribution in [2.75, 3.05) is 72.7 Å². The molecule has 0 atom stereocenters. The topological polar surface area (TPSA) is 72.5 Å². The lowest BCUT2D eigenvalue weighted by atomic mass is 10.2. The van der Waals surface area contributed by atoms with Crippen LogP contribution in [0.2, 0.25) is 0 Å². The molecule has 0 heterocycles. The molecule has 0 unspecified atom stereocenters. The van der Waals surface area contributed by atoms with Crippen LogP contribution in [0.4, 0.5) is 0 Å². The molecule has 0 saturated carbocycles. The van der Waals surface area contributed by atoms with Crippen LogP contribution in [0.3, 0.4) is 0 Å². The highest BCUT2D eigenvalue weighted by molar-refractivity contribution is 5.69. The first-order valence-corrected chi connectivity index (χ1v) is 10.4. The first-order chi connectivity index (χ1) is 13.3. The molecular weight excluding hydrogens is 352 g/mol. The predicted octanol–water partition coefficient (Wildman–Crippen LogP) is 2.99. The minimum Gasteiger partial charge on any atom is -0.463 e. The summed E-state index contributed by atoms with van der Waals surface area (Å²) in [4.78, 5) is 11.4. The van der Waals surface area contributed by atoms with E-state index in [1.807, 2.05) is 0 Å². The molecule has 0 aromatic rings. The molecule has 0 spiro atoms. The Bertz CT molecular complexity index is 300. The Morgan fingerprint density at radius 1 is 0.519 bits per heavy atom. The average Bonchev–Trinajstić information content (AvgIpc) is 2.67. The second-order valence-electron chi connectivity index (χ2n) is 6.09. The molecule has 0 aliphatic carbocycles. The molecule has 0 bridgehead atoms. The predicted molar refractivity (Wildman–Crippen MR) is 104 cm³/mol. The number of ether oxygens (including phenoxy) is 6. The summed E-state index contributed by atoms with van der Waals surface area (Å²) in [5.74, 6) is -0.145. The summed E-state index contributed by atoms with van der Waals surface area (Å²) in [7, 11) is 0. The van der Waals surface area contributed by atoms with E-state index in [1.54, 1.807) is 0 Å². The maximum Gasteiger partial charge on any atom is 0.305 e. The van der Waals surface area contributed by atoms with Crippen LogP contribution in [0.15, 0.2) is 0 Å². The molecule has 0 aliphatic heterocycles. The van der Waals surface area contributed by atoms with Gasteiger partial charge < -0.3 is 28.4 Å². The van der Waals surface area contributed by atoms with Gasteiger partial charge >= 0.3 is 5.97 Å². The zero-order valence-electron chi connectivity index (χ0n) is 17.4. The highest BCUT2D eigenvalue weighted by Crippen LogP contribution is 2.00. The summed E-state index contributed by atoms with van der Waals surface area (Å²) in [6.45, 7) is 10.2. The normalized spacial score (nSPS) is 11.0. The van der Waals surface area contributed by atoms with Gasteiger partial charge in [0.2, 0.25) is 0 Å². The van der Waals surface area contributed by atoms with Crippen molar-refractivity contribution in [1.29, 1.82) is 0 Å². The van der Waals surface area contributed by atoms with Crippen molar-refractivity contribution < 1.29 is 33.2 Å². The number of esters is 1.